The topological polar surface area (TPSA) is 388 Å². The molecule has 4 rings (SSSR count). The molecule has 442 valence electrons. The summed E-state index contributed by atoms with van der Waals surface area (Å²) in [5.41, 5.74) is 1.53. The van der Waals surface area contributed by atoms with Gasteiger partial charge in [0, 0.05) is 61.1 Å². The van der Waals surface area contributed by atoms with Crippen molar-refractivity contribution in [2.24, 2.45) is 20.5 Å². The zero-order valence-corrected chi connectivity index (χ0v) is 48.2. The van der Waals surface area contributed by atoms with Crippen LogP contribution in [0, 0.1) is 10.1 Å². The zero-order valence-electron chi connectivity index (χ0n) is 44.9. The fourth-order valence-electron chi connectivity index (χ4n) is 6.10. The summed E-state index contributed by atoms with van der Waals surface area (Å²) in [4.78, 5) is 111. The van der Waals surface area contributed by atoms with Gasteiger partial charge < -0.3 is 39.5 Å². The molecule has 0 spiro atoms. The number of unbranched alkanes of at least 4 members (excludes halogenated alkanes) is 1. The summed E-state index contributed by atoms with van der Waals surface area (Å²) in [6.45, 7) is 4.71. The number of carbonyl (C=O) groups excluding carboxylic acids is 7. The van der Waals surface area contributed by atoms with Gasteiger partial charge in [-0.2, -0.15) is 20.5 Å². The van der Waals surface area contributed by atoms with Gasteiger partial charge in [-0.3, -0.25) is 28.8 Å². The second kappa shape index (κ2) is 34.9. The molecule has 0 aliphatic heterocycles. The highest BCUT2D eigenvalue weighted by Crippen LogP contribution is 2.30. The van der Waals surface area contributed by atoms with E-state index in [4.69, 9.17) is 24.1 Å². The van der Waals surface area contributed by atoms with Gasteiger partial charge in [0.2, 0.25) is 0 Å². The molecule has 0 radical (unpaired) electrons. The predicted octanol–water partition coefficient (Wildman–Crippen LogP) is 8.19. The van der Waals surface area contributed by atoms with Crippen LogP contribution in [0.3, 0.4) is 0 Å². The molecule has 4 aromatic carbocycles. The number of hydrogen-bond donors (Lipinski definition) is 3. The number of benzene rings is 4. The van der Waals surface area contributed by atoms with E-state index in [0.717, 1.165) is 18.9 Å². The molecular weight excluding hydrogens is 1160 g/mol. The smallest absolute Gasteiger partial charge is 0.342 e. The van der Waals surface area contributed by atoms with Crippen LogP contribution in [-0.2, 0) is 51.2 Å². The van der Waals surface area contributed by atoms with Crippen LogP contribution < -0.4 is 20.1 Å². The van der Waals surface area contributed by atoms with E-state index in [9.17, 15) is 65.3 Å². The summed E-state index contributed by atoms with van der Waals surface area (Å²) < 4.78 is 66.0. The monoisotopic (exact) mass is 1220 g/mol. The third kappa shape index (κ3) is 27.8. The molecule has 0 saturated heterocycles. The van der Waals surface area contributed by atoms with Gasteiger partial charge in [0.25, 0.3) is 16.9 Å². The lowest BCUT2D eigenvalue weighted by Gasteiger charge is -2.14. The average molecular weight is 1220 g/mol. The van der Waals surface area contributed by atoms with Gasteiger partial charge in [-0.15, -0.1) is 10.1 Å². The fourth-order valence-corrected chi connectivity index (χ4v) is 9.24. The number of nitrogens with zero attached hydrogens (tertiary/aromatic N) is 5. The van der Waals surface area contributed by atoms with Crippen molar-refractivity contribution in [3.05, 3.63) is 117 Å². The normalized spacial score (nSPS) is 11.6. The van der Waals surface area contributed by atoms with Gasteiger partial charge >= 0.3 is 29.8 Å². The van der Waals surface area contributed by atoms with Crippen LogP contribution in [0.4, 0.5) is 22.7 Å². The van der Waals surface area contributed by atoms with Crippen LogP contribution in [0.25, 0.3) is 0 Å². The Morgan fingerprint density at radius 1 is 0.622 bits per heavy atom. The number of esters is 4. The second-order valence-corrected chi connectivity index (χ2v) is 26.1. The molecule has 0 bridgehead atoms. The van der Waals surface area contributed by atoms with Crippen LogP contribution in [0.2, 0.25) is 0 Å². The van der Waals surface area contributed by atoms with Crippen molar-refractivity contribution < 1.29 is 89.2 Å². The summed E-state index contributed by atoms with van der Waals surface area (Å²) >= 11 is 0. The molecule has 0 aliphatic carbocycles. The van der Waals surface area contributed by atoms with Crippen molar-refractivity contribution >= 4 is 110 Å². The van der Waals surface area contributed by atoms with Crippen LogP contribution in [0.15, 0.2) is 105 Å². The predicted molar refractivity (Wildman–Crippen MR) is 299 cm³/mol. The number of ether oxygens (including phenoxy) is 4. The quantitative estimate of drug-likeness (QED) is 0.00788. The Kier molecular flexibility index (Phi) is 29.0. The number of Topliss-reactive ketones (excluding diaryl/α,β-unsaturated/α-hetero) is 1. The molecule has 4 aromatic rings. The number of aliphatic carboxylic acids is 1. The molecule has 2 amide bonds. The molecule has 0 saturated carbocycles. The van der Waals surface area contributed by atoms with Gasteiger partial charge in [0.1, 0.15) is 47.7 Å². The Bertz CT molecular complexity index is 3200. The maximum absolute atomic E-state index is 12.8. The molecule has 82 heavy (non-hydrogen) atoms. The van der Waals surface area contributed by atoms with Crippen molar-refractivity contribution in [3.8, 4) is 11.5 Å². The number of hydrogen-bond acceptors (Lipinski definition) is 25. The number of carboxylic acids is 1. The number of azo groups is 2. The first kappa shape index (κ1) is 68.1. The molecule has 0 aliphatic rings. The van der Waals surface area contributed by atoms with Crippen LogP contribution >= 0.6 is 21.6 Å². The Hall–Kier alpha value is -8.16. The van der Waals surface area contributed by atoms with E-state index in [0.29, 0.717) is 50.5 Å². The van der Waals surface area contributed by atoms with E-state index in [-0.39, 0.29) is 109 Å². The summed E-state index contributed by atoms with van der Waals surface area (Å²) in [7, 11) is -5.42. The van der Waals surface area contributed by atoms with E-state index in [1.54, 1.807) is 6.92 Å². The Labute approximate surface area is 478 Å². The Balaban J connectivity index is 0.000000432. The number of nitrogens with one attached hydrogen (secondary N) is 2. The molecule has 27 nitrogen and oxygen atoms in total. The zero-order chi connectivity index (χ0) is 60.8. The minimum atomic E-state index is -3.35. The van der Waals surface area contributed by atoms with Gasteiger partial charge in [-0.05, 0) is 126 Å². The Morgan fingerprint density at radius 3 is 1.43 bits per heavy atom. The minimum absolute atomic E-state index is 0.000840. The van der Waals surface area contributed by atoms with Crippen molar-refractivity contribution in [1.82, 2.24) is 10.6 Å². The van der Waals surface area contributed by atoms with Crippen molar-refractivity contribution in [2.75, 3.05) is 50.3 Å². The highest BCUT2D eigenvalue weighted by atomic mass is 33.1. The first-order chi connectivity index (χ1) is 38.7. The van der Waals surface area contributed by atoms with Crippen molar-refractivity contribution in [3.63, 3.8) is 0 Å². The van der Waals surface area contributed by atoms with Gasteiger partial charge in [-0.25, -0.2) is 26.4 Å². The summed E-state index contributed by atoms with van der Waals surface area (Å²) in [5, 5.41) is 39.7. The molecule has 0 aromatic heterocycles. The minimum Gasteiger partial charge on any atom is -0.481 e. The molecule has 0 heterocycles. The van der Waals surface area contributed by atoms with Gasteiger partial charge in [0.05, 0.1) is 35.6 Å². The highest BCUT2D eigenvalue weighted by molar-refractivity contribution is 8.72. The van der Waals surface area contributed by atoms with Crippen molar-refractivity contribution in [1.29, 1.82) is 0 Å². The first-order valence-electron chi connectivity index (χ1n) is 24.6. The number of carboxylic acid groups (broad SMARTS) is 1. The van der Waals surface area contributed by atoms with E-state index < -0.39 is 71.1 Å². The summed E-state index contributed by atoms with van der Waals surface area (Å²) in [6.07, 6.45) is 2.29. The van der Waals surface area contributed by atoms with Crippen LogP contribution in [-0.4, -0.2) is 131 Å². The Morgan fingerprint density at radius 2 is 1.04 bits per heavy atom. The van der Waals surface area contributed by atoms with E-state index in [2.05, 4.69) is 35.9 Å². The number of rotatable bonds is 32. The number of ketones is 1. The molecule has 3 N–H and O–H groups in total. The van der Waals surface area contributed by atoms with E-state index >= 15 is 0 Å². The van der Waals surface area contributed by atoms with E-state index in [1.807, 2.05) is 6.92 Å². The number of amides is 2. The van der Waals surface area contributed by atoms with Gasteiger partial charge in [0.15, 0.2) is 17.7 Å². The lowest BCUT2D eigenvalue weighted by Crippen LogP contribution is -2.25. The SMILES string of the molecule is CCC(CC(=O)Oc1ccc(N=Nc2ccc(C(=O)NCCC(C)=O)cc2)cc1C(=O)OCCSS(C)(=O)=O)O[N+](=O)[O-].CCCCC(=O)Oc1ccc(N=Nc2ccc(C(=O)NCCC(=O)O)cc2)cc1C(=O)OCCSS(C)(=O)=O. The summed E-state index contributed by atoms with van der Waals surface area (Å²) in [5.74, 6) is -5.28. The van der Waals surface area contributed by atoms with Crippen LogP contribution in [0.1, 0.15) is 107 Å². The lowest BCUT2D eigenvalue weighted by atomic mass is 10.1. The average Bonchev–Trinajstić information content (AvgIpc) is 3.42. The molecule has 31 heteroatoms. The van der Waals surface area contributed by atoms with E-state index in [1.165, 1.54) is 91.9 Å². The fraction of sp³-hybridized carbons (Fsp3) is 0.373. The first-order valence-corrected chi connectivity index (χ1v) is 31.4. The molecule has 1 atom stereocenters. The highest BCUT2D eigenvalue weighted by Gasteiger charge is 2.23. The maximum atomic E-state index is 12.8. The van der Waals surface area contributed by atoms with Gasteiger partial charge in [-0.1, -0.05) is 20.3 Å². The largest absolute Gasteiger partial charge is 0.481 e. The molecule has 1 unspecified atom stereocenters. The van der Waals surface area contributed by atoms with Crippen molar-refractivity contribution in [2.45, 2.75) is 71.8 Å². The third-order valence-corrected chi connectivity index (χ3v) is 15.2. The standard InChI is InChI=1S/C26H30N4O11S2.C25H29N3O9S2/c1-4-21(41-30(35)36)16-24(32)40-23-10-9-20(15-22(23)26(34)39-13-14-42-43(3,37)38)29-28-19-7-5-18(6-8-19)25(33)27-12-11-17(2)31;1-3-4-5-23(31)37-21-11-10-19(16-20(21)25(33)36-14-15-38-39(2,34)35)28-27-18-8-6-17(7-9-18)24(32)26-13-12-22(29)30/h5-10,15,21H,4,11-14,16H2,1-3H3,(H,27,33);6-11,16H,3-5,12-15H2,1-2H3,(H,26,32)(H,29,30). The molecular formula is C51H59N7O20S4. The van der Waals surface area contributed by atoms with Crippen LogP contribution in [0.5, 0.6) is 11.5 Å². The lowest BCUT2D eigenvalue weighted by molar-refractivity contribution is -0.768. The molecule has 0 fully saturated rings. The summed E-state index contributed by atoms with van der Waals surface area (Å²) in [6, 6.07) is 20.3. The second-order valence-electron chi connectivity index (χ2n) is 16.9. The third-order valence-electron chi connectivity index (χ3n) is 10.1. The maximum Gasteiger partial charge on any atom is 0.342 e. The number of carbonyl (C=O) groups is 8.